The lowest BCUT2D eigenvalue weighted by atomic mass is 9.95. The highest BCUT2D eigenvalue weighted by molar-refractivity contribution is 6.34. The quantitative estimate of drug-likeness (QED) is 0.531. The molecule has 1 rings (SSSR count). The van der Waals surface area contributed by atoms with Crippen molar-refractivity contribution in [2.24, 2.45) is 5.92 Å². The van der Waals surface area contributed by atoms with E-state index in [0.29, 0.717) is 26.1 Å². The number of esters is 1. The minimum Gasteiger partial charge on any atom is -0.460 e. The fourth-order valence-electron chi connectivity index (χ4n) is 1.33. The van der Waals surface area contributed by atoms with Crippen molar-refractivity contribution in [3.05, 3.63) is 0 Å². The summed E-state index contributed by atoms with van der Waals surface area (Å²) in [6, 6.07) is 0. The molecule has 0 saturated carbocycles. The number of carbonyl (C=O) groups excluding carboxylic acids is 2. The normalized spacial score (nSPS) is 16.2. The molecule has 0 amide bonds. The summed E-state index contributed by atoms with van der Waals surface area (Å²) < 4.78 is 9.71. The molecule has 1 aliphatic heterocycles. The van der Waals surface area contributed by atoms with Crippen molar-refractivity contribution >= 4 is 11.8 Å². The van der Waals surface area contributed by atoms with Gasteiger partial charge in [-0.05, 0) is 19.8 Å². The maximum absolute atomic E-state index is 11.4. The second-order valence-electron chi connectivity index (χ2n) is 2.97. The van der Waals surface area contributed by atoms with Crippen LogP contribution in [-0.4, -0.2) is 31.6 Å². The molecular formula is C11H20O4. The molecule has 0 aromatic carbocycles. The topological polar surface area (TPSA) is 52.6 Å². The van der Waals surface area contributed by atoms with Gasteiger partial charge in [-0.3, -0.25) is 4.79 Å². The fraction of sp³-hybridized carbons (Fsp3) is 0.818. The van der Waals surface area contributed by atoms with E-state index >= 15 is 0 Å². The second kappa shape index (κ2) is 8.41. The van der Waals surface area contributed by atoms with E-state index in [1.807, 2.05) is 13.8 Å². The number of hydrogen-bond donors (Lipinski definition) is 0. The van der Waals surface area contributed by atoms with E-state index in [4.69, 9.17) is 4.74 Å². The van der Waals surface area contributed by atoms with Crippen LogP contribution in [0.3, 0.4) is 0 Å². The van der Waals surface area contributed by atoms with E-state index < -0.39 is 11.8 Å². The molecule has 0 unspecified atom stereocenters. The molecule has 4 heteroatoms. The molecule has 0 bridgehead atoms. The lowest BCUT2D eigenvalue weighted by molar-refractivity contribution is -0.156. The molecule has 1 fully saturated rings. The van der Waals surface area contributed by atoms with Gasteiger partial charge in [0.15, 0.2) is 0 Å². The van der Waals surface area contributed by atoms with Crippen LogP contribution in [0.1, 0.15) is 33.6 Å². The molecule has 4 nitrogen and oxygen atoms in total. The Morgan fingerprint density at radius 1 is 1.27 bits per heavy atom. The van der Waals surface area contributed by atoms with Crippen LogP contribution in [-0.2, 0) is 19.1 Å². The number of rotatable bonds is 3. The summed E-state index contributed by atoms with van der Waals surface area (Å²) in [5, 5.41) is 0. The summed E-state index contributed by atoms with van der Waals surface area (Å²) >= 11 is 0. The summed E-state index contributed by atoms with van der Waals surface area (Å²) in [4.78, 5) is 22.4. The molecule has 15 heavy (non-hydrogen) atoms. The van der Waals surface area contributed by atoms with Gasteiger partial charge in [-0.25, -0.2) is 4.79 Å². The average Bonchev–Trinajstić information content (AvgIpc) is 2.32. The highest BCUT2D eigenvalue weighted by Gasteiger charge is 2.27. The van der Waals surface area contributed by atoms with Crippen molar-refractivity contribution in [1.82, 2.24) is 0 Å². The van der Waals surface area contributed by atoms with Gasteiger partial charge >= 0.3 is 5.97 Å². The zero-order chi connectivity index (χ0) is 11.7. The molecule has 0 aliphatic carbocycles. The Bertz CT molecular complexity index is 195. The van der Waals surface area contributed by atoms with Gasteiger partial charge in [0.1, 0.15) is 0 Å². The SMILES string of the molecule is CC.CCOC(=O)C(=O)C1CCOCC1. The van der Waals surface area contributed by atoms with E-state index in [-0.39, 0.29) is 12.5 Å². The first-order chi connectivity index (χ1) is 7.25. The van der Waals surface area contributed by atoms with Crippen LogP contribution in [0.2, 0.25) is 0 Å². The average molecular weight is 216 g/mol. The summed E-state index contributed by atoms with van der Waals surface area (Å²) in [5.74, 6) is -1.28. The second-order valence-corrected chi connectivity index (χ2v) is 2.97. The highest BCUT2D eigenvalue weighted by Crippen LogP contribution is 2.16. The smallest absolute Gasteiger partial charge is 0.374 e. The Morgan fingerprint density at radius 2 is 1.80 bits per heavy atom. The van der Waals surface area contributed by atoms with Crippen molar-refractivity contribution in [3.8, 4) is 0 Å². The molecule has 0 spiro atoms. The number of hydrogen-bond acceptors (Lipinski definition) is 4. The third-order valence-electron chi connectivity index (χ3n) is 2.07. The molecule has 1 saturated heterocycles. The van der Waals surface area contributed by atoms with Crippen molar-refractivity contribution in [1.29, 1.82) is 0 Å². The molecule has 0 aromatic rings. The number of carbonyl (C=O) groups is 2. The minimum absolute atomic E-state index is 0.187. The standard InChI is InChI=1S/C9H14O4.C2H6/c1-2-13-9(11)8(10)7-3-5-12-6-4-7;1-2/h7H,2-6H2,1H3;1-2H3. The predicted molar refractivity (Wildman–Crippen MR) is 56.5 cm³/mol. The van der Waals surface area contributed by atoms with Crippen LogP contribution in [0.4, 0.5) is 0 Å². The van der Waals surface area contributed by atoms with Crippen LogP contribution in [0.5, 0.6) is 0 Å². The lowest BCUT2D eigenvalue weighted by Gasteiger charge is -2.19. The molecule has 1 aliphatic rings. The Balaban J connectivity index is 0.000000921. The molecule has 1 heterocycles. The molecule has 0 aromatic heterocycles. The first kappa shape index (κ1) is 14.1. The third-order valence-corrected chi connectivity index (χ3v) is 2.07. The van der Waals surface area contributed by atoms with E-state index in [9.17, 15) is 9.59 Å². The summed E-state index contributed by atoms with van der Waals surface area (Å²) in [5.41, 5.74) is 0. The van der Waals surface area contributed by atoms with Crippen LogP contribution in [0.25, 0.3) is 0 Å². The maximum atomic E-state index is 11.4. The molecule has 88 valence electrons. The van der Waals surface area contributed by atoms with Crippen molar-refractivity contribution < 1.29 is 19.1 Å². The first-order valence-corrected chi connectivity index (χ1v) is 5.54. The van der Waals surface area contributed by atoms with Crippen LogP contribution in [0, 0.1) is 5.92 Å². The van der Waals surface area contributed by atoms with Crippen LogP contribution in [0.15, 0.2) is 0 Å². The lowest BCUT2D eigenvalue weighted by Crippen LogP contribution is -2.30. The molecule has 0 atom stereocenters. The Labute approximate surface area is 90.9 Å². The van der Waals surface area contributed by atoms with Crippen LogP contribution >= 0.6 is 0 Å². The first-order valence-electron chi connectivity index (χ1n) is 5.54. The van der Waals surface area contributed by atoms with Gasteiger partial charge in [0.05, 0.1) is 6.61 Å². The van der Waals surface area contributed by atoms with Crippen molar-refractivity contribution in [3.63, 3.8) is 0 Å². The number of Topliss-reactive ketones (excluding diaryl/α,β-unsaturated/α-hetero) is 1. The van der Waals surface area contributed by atoms with E-state index in [1.54, 1.807) is 6.92 Å². The summed E-state index contributed by atoms with van der Waals surface area (Å²) in [6.45, 7) is 7.08. The Kier molecular flexibility index (Phi) is 7.91. The van der Waals surface area contributed by atoms with Gasteiger partial charge in [-0.2, -0.15) is 0 Å². The van der Waals surface area contributed by atoms with Crippen LogP contribution < -0.4 is 0 Å². The van der Waals surface area contributed by atoms with E-state index in [2.05, 4.69) is 4.74 Å². The van der Waals surface area contributed by atoms with Gasteiger partial charge < -0.3 is 9.47 Å². The largest absolute Gasteiger partial charge is 0.460 e. The highest BCUT2D eigenvalue weighted by atomic mass is 16.5. The van der Waals surface area contributed by atoms with E-state index in [1.165, 1.54) is 0 Å². The monoisotopic (exact) mass is 216 g/mol. The van der Waals surface area contributed by atoms with Gasteiger partial charge in [0.2, 0.25) is 5.78 Å². The fourth-order valence-corrected chi connectivity index (χ4v) is 1.33. The van der Waals surface area contributed by atoms with Crippen molar-refractivity contribution in [2.45, 2.75) is 33.6 Å². The van der Waals surface area contributed by atoms with Gasteiger partial charge in [-0.15, -0.1) is 0 Å². The maximum Gasteiger partial charge on any atom is 0.374 e. The molecule has 0 N–H and O–H groups in total. The summed E-state index contributed by atoms with van der Waals surface area (Å²) in [7, 11) is 0. The minimum atomic E-state index is -0.700. The number of ether oxygens (including phenoxy) is 2. The summed E-state index contributed by atoms with van der Waals surface area (Å²) in [6.07, 6.45) is 1.27. The van der Waals surface area contributed by atoms with Gasteiger partial charge in [-0.1, -0.05) is 13.8 Å². The van der Waals surface area contributed by atoms with E-state index in [0.717, 1.165) is 0 Å². The molecular weight excluding hydrogens is 196 g/mol. The predicted octanol–water partition coefficient (Wildman–Crippen LogP) is 1.57. The zero-order valence-electron chi connectivity index (χ0n) is 9.75. The van der Waals surface area contributed by atoms with Gasteiger partial charge in [0, 0.05) is 19.1 Å². The Morgan fingerprint density at radius 3 is 2.27 bits per heavy atom. The number of ketones is 1. The third kappa shape index (κ3) is 4.93. The molecule has 0 radical (unpaired) electrons. The Hall–Kier alpha value is -0.900. The zero-order valence-corrected chi connectivity index (χ0v) is 9.75. The van der Waals surface area contributed by atoms with Gasteiger partial charge in [0.25, 0.3) is 0 Å². The van der Waals surface area contributed by atoms with Crippen molar-refractivity contribution in [2.75, 3.05) is 19.8 Å².